The molecule has 24 heavy (non-hydrogen) atoms. The lowest BCUT2D eigenvalue weighted by molar-refractivity contribution is 0.251. The topological polar surface area (TPSA) is 85.1 Å². The van der Waals surface area contributed by atoms with Crippen molar-refractivity contribution >= 4 is 10.0 Å². The zero-order chi connectivity index (χ0) is 17.2. The molecule has 0 atom stereocenters. The summed E-state index contributed by atoms with van der Waals surface area (Å²) < 4.78 is 29.1. The van der Waals surface area contributed by atoms with E-state index in [0.29, 0.717) is 0 Å². The van der Waals surface area contributed by atoms with Crippen LogP contribution < -0.4 is 4.72 Å². The zero-order valence-electron chi connectivity index (χ0n) is 14.1. The van der Waals surface area contributed by atoms with Gasteiger partial charge in [-0.1, -0.05) is 0 Å². The van der Waals surface area contributed by atoms with E-state index >= 15 is 0 Å². The van der Waals surface area contributed by atoms with Gasteiger partial charge in [0, 0.05) is 38.6 Å². The van der Waals surface area contributed by atoms with Crippen LogP contribution in [0.15, 0.2) is 18.5 Å². The van der Waals surface area contributed by atoms with Crippen molar-refractivity contribution in [1.29, 1.82) is 0 Å². The molecule has 0 saturated heterocycles. The number of hydrogen-bond acceptors (Lipinski definition) is 5. The molecule has 8 nitrogen and oxygen atoms in total. The van der Waals surface area contributed by atoms with Crippen LogP contribution in [0.1, 0.15) is 30.6 Å². The highest BCUT2D eigenvalue weighted by Gasteiger charge is 2.18. The van der Waals surface area contributed by atoms with Crippen molar-refractivity contribution in [1.82, 2.24) is 29.0 Å². The molecule has 9 heteroatoms. The lowest BCUT2D eigenvalue weighted by Gasteiger charge is -2.19. The van der Waals surface area contributed by atoms with Crippen molar-refractivity contribution in [3.63, 3.8) is 0 Å². The number of rotatable bonds is 6. The van der Waals surface area contributed by atoms with Gasteiger partial charge in [-0.2, -0.15) is 5.10 Å². The molecule has 2 aromatic rings. The van der Waals surface area contributed by atoms with Gasteiger partial charge >= 0.3 is 0 Å². The highest BCUT2D eigenvalue weighted by Crippen LogP contribution is 2.16. The summed E-state index contributed by atoms with van der Waals surface area (Å²) in [5, 5.41) is 4.52. The van der Waals surface area contributed by atoms with Gasteiger partial charge in [-0.15, -0.1) is 0 Å². The lowest BCUT2D eigenvalue weighted by Crippen LogP contribution is -2.24. The summed E-state index contributed by atoms with van der Waals surface area (Å²) in [5.41, 5.74) is 1.87. The van der Waals surface area contributed by atoms with Gasteiger partial charge in [-0.25, -0.2) is 18.1 Å². The van der Waals surface area contributed by atoms with E-state index in [1.54, 1.807) is 0 Å². The van der Waals surface area contributed by atoms with Crippen molar-refractivity contribution in [2.75, 3.05) is 12.8 Å². The first-order valence-corrected chi connectivity index (χ1v) is 10.1. The monoisotopic (exact) mass is 352 g/mol. The van der Waals surface area contributed by atoms with E-state index < -0.39 is 10.0 Å². The second-order valence-corrected chi connectivity index (χ2v) is 7.97. The summed E-state index contributed by atoms with van der Waals surface area (Å²) in [6.45, 7) is 6.72. The Bertz CT molecular complexity index is 795. The largest absolute Gasteiger partial charge is 0.334 e. The van der Waals surface area contributed by atoms with E-state index in [0.717, 1.165) is 62.6 Å². The molecule has 132 valence electrons. The van der Waals surface area contributed by atoms with Gasteiger partial charge in [0.1, 0.15) is 5.82 Å². The number of hydrogen-bond donors (Lipinski definition) is 1. The Kier molecular flexibility index (Phi) is 5.02. The smallest absolute Gasteiger partial charge is 0.209 e. The van der Waals surface area contributed by atoms with Gasteiger partial charge in [0.05, 0.1) is 30.7 Å². The second-order valence-electron chi connectivity index (χ2n) is 6.14. The minimum absolute atomic E-state index is 0.235. The molecule has 1 aliphatic heterocycles. The van der Waals surface area contributed by atoms with E-state index in [-0.39, 0.29) is 6.54 Å². The molecule has 0 radical (unpaired) electrons. The highest BCUT2D eigenvalue weighted by atomic mass is 32.2. The van der Waals surface area contributed by atoms with Crippen molar-refractivity contribution in [3.05, 3.63) is 35.7 Å². The molecule has 0 fully saturated rings. The maximum Gasteiger partial charge on any atom is 0.209 e. The first kappa shape index (κ1) is 17.1. The third kappa shape index (κ3) is 4.22. The summed E-state index contributed by atoms with van der Waals surface area (Å²) in [6, 6.07) is 1.99. The van der Waals surface area contributed by atoms with Crippen LogP contribution >= 0.6 is 0 Å². The Labute approximate surface area is 142 Å². The fraction of sp³-hybridized carbons (Fsp3) is 0.600. The fourth-order valence-electron chi connectivity index (χ4n) is 2.99. The van der Waals surface area contributed by atoms with Gasteiger partial charge in [0.25, 0.3) is 0 Å². The molecule has 0 unspecified atom stereocenters. The number of aromatic nitrogens is 4. The van der Waals surface area contributed by atoms with Crippen LogP contribution in [-0.4, -0.2) is 45.4 Å². The van der Waals surface area contributed by atoms with Crippen molar-refractivity contribution < 1.29 is 8.42 Å². The molecule has 3 heterocycles. The van der Waals surface area contributed by atoms with Crippen LogP contribution in [0, 0.1) is 0 Å². The maximum atomic E-state index is 11.2. The van der Waals surface area contributed by atoms with Crippen LogP contribution in [0.25, 0.3) is 0 Å². The minimum atomic E-state index is -3.20. The van der Waals surface area contributed by atoms with Gasteiger partial charge in [0.15, 0.2) is 0 Å². The van der Waals surface area contributed by atoms with Crippen LogP contribution in [0.3, 0.4) is 0 Å². The normalized spacial score (nSPS) is 16.1. The second kappa shape index (κ2) is 7.04. The summed E-state index contributed by atoms with van der Waals surface area (Å²) >= 11 is 0. The predicted octanol–water partition coefficient (Wildman–Crippen LogP) is 0.555. The first-order valence-electron chi connectivity index (χ1n) is 8.17. The van der Waals surface area contributed by atoms with Crippen molar-refractivity contribution in [2.45, 2.75) is 46.1 Å². The van der Waals surface area contributed by atoms with Crippen LogP contribution in [0.2, 0.25) is 0 Å². The summed E-state index contributed by atoms with van der Waals surface area (Å²) in [7, 11) is -3.20. The van der Waals surface area contributed by atoms with Crippen molar-refractivity contribution in [2.24, 2.45) is 0 Å². The van der Waals surface area contributed by atoms with Gasteiger partial charge in [0.2, 0.25) is 10.0 Å². The SMILES string of the molecule is CCn1ccnc1CN1CCCn2nc(CNS(C)(=O)=O)cc2C1. The molecule has 0 saturated carbocycles. The standard InChI is InChI=1S/C15H24N6O2S/c1-3-20-8-5-16-15(20)12-19-6-4-7-21-14(11-19)9-13(18-21)10-17-24(2,22)23/h5,8-9,17H,3-4,6-7,10-12H2,1-2H3. The molecular formula is C15H24N6O2S. The Morgan fingerprint density at radius 3 is 2.92 bits per heavy atom. The number of nitrogens with one attached hydrogen (secondary N) is 1. The van der Waals surface area contributed by atoms with E-state index in [1.807, 2.05) is 23.1 Å². The summed E-state index contributed by atoms with van der Waals surface area (Å²) in [6.07, 6.45) is 6.02. The maximum absolute atomic E-state index is 11.2. The molecule has 3 rings (SSSR count). The first-order chi connectivity index (χ1) is 11.4. The Morgan fingerprint density at radius 1 is 1.33 bits per heavy atom. The summed E-state index contributed by atoms with van der Waals surface area (Å²) in [5.74, 6) is 1.07. The molecule has 0 aliphatic carbocycles. The Balaban J connectivity index is 1.69. The number of imidazole rings is 1. The highest BCUT2D eigenvalue weighted by molar-refractivity contribution is 7.88. The average molecular weight is 352 g/mol. The van der Waals surface area contributed by atoms with E-state index in [1.165, 1.54) is 0 Å². The zero-order valence-corrected chi connectivity index (χ0v) is 15.0. The van der Waals surface area contributed by atoms with E-state index in [9.17, 15) is 8.42 Å². The molecule has 0 aromatic carbocycles. The number of nitrogens with zero attached hydrogens (tertiary/aromatic N) is 5. The molecular weight excluding hydrogens is 328 g/mol. The van der Waals surface area contributed by atoms with Gasteiger partial charge < -0.3 is 4.57 Å². The van der Waals surface area contributed by atoms with E-state index in [2.05, 4.69) is 31.2 Å². The minimum Gasteiger partial charge on any atom is -0.334 e. The molecule has 2 aromatic heterocycles. The van der Waals surface area contributed by atoms with Crippen molar-refractivity contribution in [3.8, 4) is 0 Å². The average Bonchev–Trinajstić information content (AvgIpc) is 3.07. The third-order valence-corrected chi connectivity index (χ3v) is 4.84. The molecule has 0 amide bonds. The fourth-order valence-corrected chi connectivity index (χ4v) is 3.40. The molecule has 0 spiro atoms. The predicted molar refractivity (Wildman–Crippen MR) is 90.5 cm³/mol. The Morgan fingerprint density at radius 2 is 2.17 bits per heavy atom. The molecule has 0 bridgehead atoms. The molecule has 1 aliphatic rings. The van der Waals surface area contributed by atoms with Crippen LogP contribution in [0.4, 0.5) is 0 Å². The van der Waals surface area contributed by atoms with Crippen LogP contribution in [0.5, 0.6) is 0 Å². The Hall–Kier alpha value is -1.71. The molecule has 1 N–H and O–H groups in total. The lowest BCUT2D eigenvalue weighted by atomic mass is 10.3. The number of aryl methyl sites for hydroxylation is 2. The van der Waals surface area contributed by atoms with Gasteiger partial charge in [-0.05, 0) is 19.4 Å². The van der Waals surface area contributed by atoms with E-state index in [4.69, 9.17) is 0 Å². The summed E-state index contributed by atoms with van der Waals surface area (Å²) in [4.78, 5) is 6.82. The quantitative estimate of drug-likeness (QED) is 0.821. The van der Waals surface area contributed by atoms with Crippen LogP contribution in [-0.2, 0) is 42.7 Å². The third-order valence-electron chi connectivity index (χ3n) is 4.17. The number of sulfonamides is 1. The number of fused-ring (bicyclic) bond motifs is 1. The van der Waals surface area contributed by atoms with Gasteiger partial charge in [-0.3, -0.25) is 9.58 Å².